The summed E-state index contributed by atoms with van der Waals surface area (Å²) in [5.41, 5.74) is 1.85. The minimum Gasteiger partial charge on any atom is -0.746 e. The van der Waals surface area contributed by atoms with E-state index in [1.165, 1.54) is 14.2 Å². The van der Waals surface area contributed by atoms with Crippen LogP contribution in [0.5, 0.6) is 0 Å². The smallest absolute Gasteiger partial charge is 0.0589 e. The van der Waals surface area contributed by atoms with E-state index >= 15 is 0 Å². The van der Waals surface area contributed by atoms with Gasteiger partial charge in [0, 0.05) is 0 Å². The van der Waals surface area contributed by atoms with Crippen molar-refractivity contribution in [1.29, 1.82) is 0 Å². The molecule has 0 rings (SSSR count). The van der Waals surface area contributed by atoms with Crippen LogP contribution in [0.1, 0.15) is 0 Å². The molecule has 0 aromatic rings. The van der Waals surface area contributed by atoms with Crippen molar-refractivity contribution in [1.82, 2.24) is 10.9 Å². The van der Waals surface area contributed by atoms with E-state index in [4.69, 9.17) is 0 Å². The second-order valence-electron chi connectivity index (χ2n) is 0.735. The molecule has 0 aliphatic rings. The number of nitrogens with one attached hydrogen (secondary N) is 1. The van der Waals surface area contributed by atoms with E-state index in [1.54, 1.807) is 0 Å². The first-order chi connectivity index (χ1) is 3.31. The quantitative estimate of drug-likeness (QED) is 0.488. The minimum absolute atomic E-state index is 0.0833. The van der Waals surface area contributed by atoms with Crippen LogP contribution in [0.2, 0.25) is 0 Å². The van der Waals surface area contributed by atoms with E-state index in [2.05, 4.69) is 9.68 Å². The number of rotatable bonds is 3. The summed E-state index contributed by atoms with van der Waals surface area (Å²) in [7, 11) is 2.53. The lowest BCUT2D eigenvalue weighted by atomic mass is 11.7. The zero-order valence-corrected chi connectivity index (χ0v) is 4.17. The van der Waals surface area contributed by atoms with Gasteiger partial charge in [0.1, 0.15) is 0 Å². The van der Waals surface area contributed by atoms with Crippen LogP contribution in [0.25, 0.3) is 0 Å². The molecular formula is C2H7N2O3-. The summed E-state index contributed by atoms with van der Waals surface area (Å²) < 4.78 is 0. The molecule has 5 heteroatoms. The first kappa shape index (κ1) is 6.80. The van der Waals surface area contributed by atoms with Crippen molar-refractivity contribution in [2.45, 2.75) is 0 Å². The monoisotopic (exact) mass is 107 g/mol. The van der Waals surface area contributed by atoms with Crippen molar-refractivity contribution >= 4 is 0 Å². The average Bonchev–Trinajstić information content (AvgIpc) is 1.68. The molecule has 0 saturated carbocycles. The number of hydrazine groups is 1. The van der Waals surface area contributed by atoms with E-state index in [9.17, 15) is 5.21 Å². The predicted molar refractivity (Wildman–Crippen MR) is 22.4 cm³/mol. The van der Waals surface area contributed by atoms with Gasteiger partial charge in [0.05, 0.1) is 14.2 Å². The molecule has 0 unspecified atom stereocenters. The molecule has 44 valence electrons. The lowest BCUT2D eigenvalue weighted by Gasteiger charge is -2.22. The Labute approximate surface area is 41.3 Å². The standard InChI is InChI=1S/C2H7N2O3/c1-6-3-4(5)7-2/h3H,1-2H3/q-1. The van der Waals surface area contributed by atoms with Crippen molar-refractivity contribution in [3.63, 3.8) is 0 Å². The molecule has 0 aromatic carbocycles. The van der Waals surface area contributed by atoms with E-state index in [0.717, 1.165) is 0 Å². The lowest BCUT2D eigenvalue weighted by molar-refractivity contribution is -0.215. The maximum absolute atomic E-state index is 9.87. The molecule has 5 nitrogen and oxygen atoms in total. The zero-order valence-electron chi connectivity index (χ0n) is 4.17. The summed E-state index contributed by atoms with van der Waals surface area (Å²) in [6.07, 6.45) is 0. The Kier molecular flexibility index (Phi) is 3.86. The van der Waals surface area contributed by atoms with Crippen molar-refractivity contribution in [2.24, 2.45) is 0 Å². The Morgan fingerprint density at radius 3 is 2.29 bits per heavy atom. The molecule has 0 atom stereocenters. The largest absolute Gasteiger partial charge is 0.746 e. The van der Waals surface area contributed by atoms with Crippen LogP contribution < -0.4 is 5.59 Å². The zero-order chi connectivity index (χ0) is 5.70. The van der Waals surface area contributed by atoms with Gasteiger partial charge in [-0.25, -0.2) is 0 Å². The van der Waals surface area contributed by atoms with Gasteiger partial charge in [-0.3, -0.25) is 9.68 Å². The second kappa shape index (κ2) is 3.97. The van der Waals surface area contributed by atoms with Crippen molar-refractivity contribution in [2.75, 3.05) is 14.2 Å². The van der Waals surface area contributed by atoms with Gasteiger partial charge in [-0.05, 0) is 0 Å². The first-order valence-electron chi connectivity index (χ1n) is 1.61. The van der Waals surface area contributed by atoms with Crippen LogP contribution in [0.4, 0.5) is 0 Å². The van der Waals surface area contributed by atoms with Crippen LogP contribution in [-0.2, 0) is 9.68 Å². The Bertz CT molecular complexity index is 41.9. The topological polar surface area (TPSA) is 56.8 Å². The molecule has 0 bridgehead atoms. The Balaban J connectivity index is 2.83. The molecule has 0 fully saturated rings. The molecule has 0 spiro atoms. The maximum Gasteiger partial charge on any atom is 0.0589 e. The fraction of sp³-hybridized carbons (Fsp3) is 1.00. The highest BCUT2D eigenvalue weighted by molar-refractivity contribution is 4.16. The third-order valence-corrected chi connectivity index (χ3v) is 0.332. The number of nitrogens with zero attached hydrogens (tertiary/aromatic N) is 1. The number of hydrogen-bond donors (Lipinski definition) is 1. The van der Waals surface area contributed by atoms with Gasteiger partial charge in [0.2, 0.25) is 0 Å². The van der Waals surface area contributed by atoms with Gasteiger partial charge in [-0.2, -0.15) is 5.34 Å². The Hall–Kier alpha value is -0.200. The van der Waals surface area contributed by atoms with Crippen molar-refractivity contribution in [3.05, 3.63) is 5.21 Å². The van der Waals surface area contributed by atoms with Crippen molar-refractivity contribution in [3.8, 4) is 0 Å². The fourth-order valence-electron chi connectivity index (χ4n) is 0.112. The molecule has 0 amide bonds. The molecule has 0 aliphatic carbocycles. The third-order valence-electron chi connectivity index (χ3n) is 0.332. The maximum atomic E-state index is 9.87. The van der Waals surface area contributed by atoms with Crippen LogP contribution in [0.15, 0.2) is 0 Å². The highest BCUT2D eigenvalue weighted by atomic mass is 17.0. The predicted octanol–water partition coefficient (Wildman–Crippen LogP) is -0.586. The molecular weight excluding hydrogens is 100 g/mol. The third kappa shape index (κ3) is 3.64. The van der Waals surface area contributed by atoms with Crippen LogP contribution >= 0.6 is 0 Å². The number of hydrogen-bond acceptors (Lipinski definition) is 5. The summed E-state index contributed by atoms with van der Waals surface area (Å²) in [6, 6.07) is 0. The van der Waals surface area contributed by atoms with Gasteiger partial charge < -0.3 is 5.21 Å². The summed E-state index contributed by atoms with van der Waals surface area (Å²) in [5.74, 6) is 0. The van der Waals surface area contributed by atoms with Gasteiger partial charge in [-0.15, -0.1) is 5.59 Å². The summed E-state index contributed by atoms with van der Waals surface area (Å²) in [6.45, 7) is 0. The second-order valence-corrected chi connectivity index (χ2v) is 0.735. The summed E-state index contributed by atoms with van der Waals surface area (Å²) in [5, 5.41) is 9.95. The molecule has 7 heavy (non-hydrogen) atoms. The van der Waals surface area contributed by atoms with E-state index in [-0.39, 0.29) is 5.34 Å². The molecule has 0 aromatic heterocycles. The molecule has 0 heterocycles. The SMILES string of the molecule is CONN([O-])OC. The van der Waals surface area contributed by atoms with Gasteiger partial charge >= 0.3 is 0 Å². The van der Waals surface area contributed by atoms with E-state index in [1.807, 2.05) is 5.59 Å². The normalized spacial score (nSPS) is 10.3. The van der Waals surface area contributed by atoms with Gasteiger partial charge in [0.15, 0.2) is 0 Å². The summed E-state index contributed by atoms with van der Waals surface area (Å²) >= 11 is 0. The van der Waals surface area contributed by atoms with Crippen LogP contribution in [-0.4, -0.2) is 19.6 Å². The Morgan fingerprint density at radius 2 is 2.14 bits per heavy atom. The van der Waals surface area contributed by atoms with Gasteiger partial charge in [-0.1, -0.05) is 0 Å². The van der Waals surface area contributed by atoms with Crippen molar-refractivity contribution < 1.29 is 9.68 Å². The lowest BCUT2D eigenvalue weighted by Crippen LogP contribution is -2.30. The average molecular weight is 107 g/mol. The molecule has 0 radical (unpaired) electrons. The molecule has 0 saturated heterocycles. The van der Waals surface area contributed by atoms with Gasteiger partial charge in [0.25, 0.3) is 0 Å². The Morgan fingerprint density at radius 1 is 1.57 bits per heavy atom. The van der Waals surface area contributed by atoms with Crippen LogP contribution in [0.3, 0.4) is 0 Å². The molecule has 1 N–H and O–H groups in total. The highest BCUT2D eigenvalue weighted by Gasteiger charge is 1.76. The van der Waals surface area contributed by atoms with E-state index in [0.29, 0.717) is 0 Å². The first-order valence-corrected chi connectivity index (χ1v) is 1.61. The fourth-order valence-corrected chi connectivity index (χ4v) is 0.112. The highest BCUT2D eigenvalue weighted by Crippen LogP contribution is 1.71. The van der Waals surface area contributed by atoms with Crippen LogP contribution in [0, 0.1) is 5.21 Å². The minimum atomic E-state index is 0.0833. The molecule has 0 aliphatic heterocycles. The summed E-state index contributed by atoms with van der Waals surface area (Å²) in [4.78, 5) is 8.17. The van der Waals surface area contributed by atoms with E-state index < -0.39 is 0 Å².